The standard InChI is InChI=1S/C8H15N5O3S/c1-2-13(6-4-7(9)12-14)17(15,16)8-3-5-10-11-8/h3,5,14H,2,4,6H2,1H3,(H2,9,12)(H,10,11). The quantitative estimate of drug-likeness (QED) is 0.277. The number of sulfonamides is 1. The Morgan fingerprint density at radius 1 is 1.71 bits per heavy atom. The predicted molar refractivity (Wildman–Crippen MR) is 61.0 cm³/mol. The summed E-state index contributed by atoms with van der Waals surface area (Å²) in [5.74, 6) is -0.0109. The molecule has 96 valence electrons. The van der Waals surface area contributed by atoms with Gasteiger partial charge in [-0.25, -0.2) is 8.42 Å². The monoisotopic (exact) mass is 261 g/mol. The first-order valence-corrected chi connectivity index (χ1v) is 6.42. The summed E-state index contributed by atoms with van der Waals surface area (Å²) in [4.78, 5) is 0. The fraction of sp³-hybridized carbons (Fsp3) is 0.500. The molecular weight excluding hydrogens is 246 g/mol. The summed E-state index contributed by atoms with van der Waals surface area (Å²) in [6, 6.07) is 1.38. The predicted octanol–water partition coefficient (Wildman–Crippen LogP) is -0.443. The molecule has 0 saturated heterocycles. The Labute approximate surface area is 99.2 Å². The number of amidine groups is 1. The summed E-state index contributed by atoms with van der Waals surface area (Å²) in [6.07, 6.45) is 1.53. The summed E-state index contributed by atoms with van der Waals surface area (Å²) < 4.78 is 25.3. The molecular formula is C8H15N5O3S. The molecule has 0 amide bonds. The highest BCUT2D eigenvalue weighted by atomic mass is 32.2. The van der Waals surface area contributed by atoms with Gasteiger partial charge in [0.1, 0.15) is 5.84 Å². The lowest BCUT2D eigenvalue weighted by atomic mass is 10.4. The van der Waals surface area contributed by atoms with Gasteiger partial charge in [0, 0.05) is 19.5 Å². The molecule has 0 spiro atoms. The second kappa shape index (κ2) is 5.64. The van der Waals surface area contributed by atoms with Crippen LogP contribution < -0.4 is 5.73 Å². The van der Waals surface area contributed by atoms with Crippen molar-refractivity contribution in [2.45, 2.75) is 18.4 Å². The van der Waals surface area contributed by atoms with E-state index >= 15 is 0 Å². The molecule has 0 unspecified atom stereocenters. The van der Waals surface area contributed by atoms with Crippen LogP contribution in [-0.4, -0.2) is 47.1 Å². The van der Waals surface area contributed by atoms with Crippen LogP contribution in [0.1, 0.15) is 13.3 Å². The number of nitrogens with zero attached hydrogens (tertiary/aromatic N) is 3. The average Bonchev–Trinajstić information content (AvgIpc) is 2.83. The first-order valence-electron chi connectivity index (χ1n) is 4.98. The average molecular weight is 261 g/mol. The lowest BCUT2D eigenvalue weighted by molar-refractivity contribution is 0.315. The maximum Gasteiger partial charge on any atom is 0.259 e. The zero-order valence-corrected chi connectivity index (χ0v) is 10.2. The van der Waals surface area contributed by atoms with Crippen molar-refractivity contribution in [2.75, 3.05) is 13.1 Å². The molecule has 0 aliphatic carbocycles. The molecule has 0 atom stereocenters. The van der Waals surface area contributed by atoms with Gasteiger partial charge in [-0.1, -0.05) is 12.1 Å². The fourth-order valence-corrected chi connectivity index (χ4v) is 2.61. The number of hydrogen-bond donors (Lipinski definition) is 3. The topological polar surface area (TPSA) is 125 Å². The smallest absolute Gasteiger partial charge is 0.259 e. The summed E-state index contributed by atoms with van der Waals surface area (Å²) in [7, 11) is -3.59. The van der Waals surface area contributed by atoms with Gasteiger partial charge in [-0.3, -0.25) is 5.10 Å². The Balaban J connectivity index is 2.81. The van der Waals surface area contributed by atoms with E-state index in [0.29, 0.717) is 6.54 Å². The molecule has 9 heteroatoms. The number of nitrogens with one attached hydrogen (secondary N) is 1. The van der Waals surface area contributed by atoms with Crippen molar-refractivity contribution >= 4 is 15.9 Å². The molecule has 8 nitrogen and oxygen atoms in total. The number of aromatic amines is 1. The van der Waals surface area contributed by atoms with Crippen LogP contribution in [0.5, 0.6) is 0 Å². The van der Waals surface area contributed by atoms with Crippen molar-refractivity contribution in [3.8, 4) is 0 Å². The molecule has 0 aliphatic heterocycles. The number of oxime groups is 1. The van der Waals surface area contributed by atoms with Gasteiger partial charge in [-0.15, -0.1) is 0 Å². The molecule has 17 heavy (non-hydrogen) atoms. The second-order valence-corrected chi connectivity index (χ2v) is 5.17. The minimum absolute atomic E-state index is 0.0109. The highest BCUT2D eigenvalue weighted by Gasteiger charge is 2.24. The fourth-order valence-electron chi connectivity index (χ4n) is 1.26. The van der Waals surface area contributed by atoms with Gasteiger partial charge in [-0.05, 0) is 6.07 Å². The number of aromatic nitrogens is 2. The first-order chi connectivity index (χ1) is 8.02. The van der Waals surface area contributed by atoms with Gasteiger partial charge in [0.05, 0.1) is 6.20 Å². The minimum atomic E-state index is -3.59. The van der Waals surface area contributed by atoms with Crippen LogP contribution in [0.3, 0.4) is 0 Å². The van der Waals surface area contributed by atoms with Crippen LogP contribution in [0.25, 0.3) is 0 Å². The van der Waals surface area contributed by atoms with Crippen LogP contribution >= 0.6 is 0 Å². The van der Waals surface area contributed by atoms with Gasteiger partial charge < -0.3 is 10.9 Å². The Kier molecular flexibility index (Phi) is 4.46. The van der Waals surface area contributed by atoms with Crippen LogP contribution in [0.2, 0.25) is 0 Å². The SMILES string of the molecule is CCN(CCC(N)=NO)S(=O)(=O)c1ccn[nH]1. The molecule has 0 aliphatic rings. The number of H-pyrrole nitrogens is 1. The molecule has 4 N–H and O–H groups in total. The third-order valence-corrected chi connectivity index (χ3v) is 4.10. The van der Waals surface area contributed by atoms with Crippen LogP contribution in [-0.2, 0) is 10.0 Å². The maximum absolute atomic E-state index is 12.0. The van der Waals surface area contributed by atoms with Crippen molar-refractivity contribution < 1.29 is 13.6 Å². The molecule has 1 aromatic rings. The summed E-state index contributed by atoms with van der Waals surface area (Å²) >= 11 is 0. The van der Waals surface area contributed by atoms with Crippen molar-refractivity contribution in [1.82, 2.24) is 14.5 Å². The third-order valence-electron chi connectivity index (χ3n) is 2.19. The third kappa shape index (κ3) is 3.17. The van der Waals surface area contributed by atoms with E-state index in [2.05, 4.69) is 15.4 Å². The second-order valence-electron chi connectivity index (χ2n) is 3.26. The highest BCUT2D eigenvalue weighted by molar-refractivity contribution is 7.89. The molecule has 1 rings (SSSR count). The Bertz CT molecular complexity index is 467. The van der Waals surface area contributed by atoms with E-state index in [0.717, 1.165) is 0 Å². The van der Waals surface area contributed by atoms with Crippen molar-refractivity contribution in [3.63, 3.8) is 0 Å². The maximum atomic E-state index is 12.0. The van der Waals surface area contributed by atoms with Crippen LogP contribution in [0, 0.1) is 0 Å². The zero-order chi connectivity index (χ0) is 12.9. The van der Waals surface area contributed by atoms with Crippen LogP contribution in [0.4, 0.5) is 0 Å². The molecule has 1 heterocycles. The van der Waals surface area contributed by atoms with Crippen molar-refractivity contribution in [1.29, 1.82) is 0 Å². The van der Waals surface area contributed by atoms with Gasteiger partial charge in [0.15, 0.2) is 5.03 Å². The van der Waals surface area contributed by atoms with E-state index in [9.17, 15) is 8.42 Å². The molecule has 0 fully saturated rings. The molecule has 0 bridgehead atoms. The van der Waals surface area contributed by atoms with E-state index in [4.69, 9.17) is 10.9 Å². The normalized spacial score (nSPS) is 13.2. The Hall–Kier alpha value is -1.61. The largest absolute Gasteiger partial charge is 0.409 e. The Morgan fingerprint density at radius 2 is 2.41 bits per heavy atom. The van der Waals surface area contributed by atoms with E-state index in [1.165, 1.54) is 16.6 Å². The van der Waals surface area contributed by atoms with Gasteiger partial charge in [0.25, 0.3) is 10.0 Å². The van der Waals surface area contributed by atoms with E-state index < -0.39 is 10.0 Å². The minimum Gasteiger partial charge on any atom is -0.409 e. The van der Waals surface area contributed by atoms with Crippen LogP contribution in [0.15, 0.2) is 22.4 Å². The van der Waals surface area contributed by atoms with E-state index in [1.54, 1.807) is 6.92 Å². The number of hydrogen-bond acceptors (Lipinski definition) is 5. The number of rotatable bonds is 6. The van der Waals surface area contributed by atoms with Crippen molar-refractivity contribution in [3.05, 3.63) is 12.3 Å². The number of nitrogens with two attached hydrogens (primary N) is 1. The van der Waals surface area contributed by atoms with Gasteiger partial charge >= 0.3 is 0 Å². The molecule has 0 aromatic carbocycles. The molecule has 0 saturated carbocycles. The summed E-state index contributed by atoms with van der Waals surface area (Å²) in [6.45, 7) is 2.15. The summed E-state index contributed by atoms with van der Waals surface area (Å²) in [5, 5.41) is 17.2. The lowest BCUT2D eigenvalue weighted by Crippen LogP contribution is -2.34. The van der Waals surface area contributed by atoms with E-state index in [-0.39, 0.29) is 23.8 Å². The molecule has 0 radical (unpaired) electrons. The summed E-state index contributed by atoms with van der Waals surface area (Å²) in [5.41, 5.74) is 5.30. The molecule has 1 aromatic heterocycles. The highest BCUT2D eigenvalue weighted by Crippen LogP contribution is 2.12. The zero-order valence-electron chi connectivity index (χ0n) is 9.37. The van der Waals surface area contributed by atoms with Gasteiger partial charge in [-0.2, -0.15) is 9.40 Å². The van der Waals surface area contributed by atoms with E-state index in [1.807, 2.05) is 0 Å². The Morgan fingerprint density at radius 3 is 2.88 bits per heavy atom. The van der Waals surface area contributed by atoms with Crippen molar-refractivity contribution in [2.24, 2.45) is 10.9 Å². The lowest BCUT2D eigenvalue weighted by Gasteiger charge is -2.18. The first kappa shape index (κ1) is 13.5. The van der Waals surface area contributed by atoms with Gasteiger partial charge in [0.2, 0.25) is 0 Å².